The number of aliphatic hydroxyl groups excluding tert-OH is 1. The maximum absolute atomic E-state index is 11.6. The fraction of sp³-hybridized carbons (Fsp3) is 0.909. The molecule has 0 aromatic carbocycles. The molecular weight excluding hydrogens is 178 g/mol. The van der Waals surface area contributed by atoms with E-state index in [1.165, 1.54) is 0 Å². The van der Waals surface area contributed by atoms with Crippen LogP contribution in [0.25, 0.3) is 0 Å². The predicted molar refractivity (Wildman–Crippen MR) is 58.0 cm³/mol. The fourth-order valence-corrected chi connectivity index (χ4v) is 0.990. The van der Waals surface area contributed by atoms with Gasteiger partial charge in [-0.25, -0.2) is 0 Å². The molecule has 0 fully saturated rings. The second-order valence-electron chi connectivity index (χ2n) is 5.68. The van der Waals surface area contributed by atoms with Crippen molar-refractivity contribution in [1.82, 2.24) is 5.32 Å². The van der Waals surface area contributed by atoms with Crippen molar-refractivity contribution in [3.63, 3.8) is 0 Å². The molecule has 0 aliphatic carbocycles. The Hall–Kier alpha value is -0.570. The van der Waals surface area contributed by atoms with Gasteiger partial charge in [-0.2, -0.15) is 0 Å². The molecule has 0 saturated heterocycles. The summed E-state index contributed by atoms with van der Waals surface area (Å²) in [6.45, 7) is 11.4. The van der Waals surface area contributed by atoms with Gasteiger partial charge in [0.2, 0.25) is 5.91 Å². The second kappa shape index (κ2) is 4.30. The van der Waals surface area contributed by atoms with E-state index >= 15 is 0 Å². The number of aliphatic hydroxyl groups is 1. The minimum Gasteiger partial charge on any atom is -0.391 e. The van der Waals surface area contributed by atoms with E-state index in [9.17, 15) is 9.90 Å². The van der Waals surface area contributed by atoms with Crippen LogP contribution in [0.3, 0.4) is 0 Å². The number of amides is 1. The van der Waals surface area contributed by atoms with E-state index in [1.807, 2.05) is 34.6 Å². The first-order valence-corrected chi connectivity index (χ1v) is 5.04. The average molecular weight is 201 g/mol. The monoisotopic (exact) mass is 201 g/mol. The van der Waals surface area contributed by atoms with Gasteiger partial charge in [0.25, 0.3) is 0 Å². The first-order chi connectivity index (χ1) is 6.04. The van der Waals surface area contributed by atoms with Crippen LogP contribution in [0.5, 0.6) is 0 Å². The summed E-state index contributed by atoms with van der Waals surface area (Å²) in [5, 5.41) is 12.2. The van der Waals surface area contributed by atoms with Gasteiger partial charge in [-0.3, -0.25) is 4.79 Å². The highest BCUT2D eigenvalue weighted by Gasteiger charge is 2.27. The molecule has 1 atom stereocenters. The molecule has 1 unspecified atom stereocenters. The van der Waals surface area contributed by atoms with Gasteiger partial charge >= 0.3 is 0 Å². The molecule has 3 heteroatoms. The largest absolute Gasteiger partial charge is 0.391 e. The molecule has 0 aliphatic rings. The predicted octanol–water partition coefficient (Wildman–Crippen LogP) is 1.70. The zero-order valence-electron chi connectivity index (χ0n) is 10.1. The van der Waals surface area contributed by atoms with E-state index in [-0.39, 0.29) is 11.3 Å². The van der Waals surface area contributed by atoms with Crippen LogP contribution in [0.1, 0.15) is 48.0 Å². The quantitative estimate of drug-likeness (QED) is 0.730. The molecule has 0 heterocycles. The van der Waals surface area contributed by atoms with Gasteiger partial charge in [0.1, 0.15) is 0 Å². The van der Waals surface area contributed by atoms with Gasteiger partial charge in [0, 0.05) is 6.42 Å². The van der Waals surface area contributed by atoms with Crippen LogP contribution < -0.4 is 5.32 Å². The lowest BCUT2D eigenvalue weighted by Gasteiger charge is -2.30. The molecule has 3 nitrogen and oxygen atoms in total. The highest BCUT2D eigenvalue weighted by atomic mass is 16.3. The average Bonchev–Trinajstić information content (AvgIpc) is 1.79. The second-order valence-corrected chi connectivity index (χ2v) is 5.68. The van der Waals surface area contributed by atoms with Crippen molar-refractivity contribution in [3.8, 4) is 0 Å². The molecule has 0 aliphatic heterocycles. The minimum absolute atomic E-state index is 0.0107. The van der Waals surface area contributed by atoms with Crippen LogP contribution in [0, 0.1) is 5.41 Å². The highest BCUT2D eigenvalue weighted by Crippen LogP contribution is 2.19. The van der Waals surface area contributed by atoms with E-state index in [0.29, 0.717) is 6.42 Å². The molecular formula is C11H23NO2. The van der Waals surface area contributed by atoms with E-state index < -0.39 is 11.6 Å². The van der Waals surface area contributed by atoms with Gasteiger partial charge in [0.15, 0.2) is 0 Å². The Morgan fingerprint density at radius 2 is 1.71 bits per heavy atom. The third-order valence-corrected chi connectivity index (χ3v) is 2.20. The number of nitrogens with one attached hydrogen (secondary N) is 1. The summed E-state index contributed by atoms with van der Waals surface area (Å²) in [4.78, 5) is 11.6. The summed E-state index contributed by atoms with van der Waals surface area (Å²) in [6, 6.07) is 0. The normalized spacial score (nSPS) is 15.1. The Balaban J connectivity index is 4.20. The highest BCUT2D eigenvalue weighted by molar-refractivity contribution is 5.77. The van der Waals surface area contributed by atoms with E-state index in [4.69, 9.17) is 0 Å². The van der Waals surface area contributed by atoms with Crippen LogP contribution in [0.15, 0.2) is 0 Å². The molecule has 0 spiro atoms. The number of hydrogen-bond donors (Lipinski definition) is 2. The van der Waals surface area contributed by atoms with Crippen molar-refractivity contribution in [3.05, 3.63) is 0 Å². The summed E-state index contributed by atoms with van der Waals surface area (Å²) in [7, 11) is 0. The van der Waals surface area contributed by atoms with Crippen LogP contribution in [-0.4, -0.2) is 22.7 Å². The van der Waals surface area contributed by atoms with Crippen molar-refractivity contribution in [2.45, 2.75) is 59.6 Å². The molecule has 0 radical (unpaired) electrons. The van der Waals surface area contributed by atoms with Crippen LogP contribution in [0.4, 0.5) is 0 Å². The van der Waals surface area contributed by atoms with Crippen molar-refractivity contribution in [2.24, 2.45) is 5.41 Å². The molecule has 2 N–H and O–H groups in total. The van der Waals surface area contributed by atoms with Gasteiger partial charge in [0.05, 0.1) is 11.6 Å². The van der Waals surface area contributed by atoms with Crippen LogP contribution >= 0.6 is 0 Å². The Morgan fingerprint density at radius 1 is 1.29 bits per heavy atom. The third kappa shape index (κ3) is 5.22. The van der Waals surface area contributed by atoms with Crippen molar-refractivity contribution < 1.29 is 9.90 Å². The topological polar surface area (TPSA) is 49.3 Å². The summed E-state index contributed by atoms with van der Waals surface area (Å²) in [6.07, 6.45) is -0.0743. The Morgan fingerprint density at radius 3 is 2.00 bits per heavy atom. The van der Waals surface area contributed by atoms with Gasteiger partial charge in [-0.1, -0.05) is 20.8 Å². The molecule has 0 aromatic heterocycles. The summed E-state index contributed by atoms with van der Waals surface area (Å²) in [5.74, 6) is -0.0107. The molecule has 1 amide bonds. The standard InChI is InChI=1S/C11H23NO2/c1-8(13)11(5,6)12-9(14)7-10(2,3)4/h8,13H,7H2,1-6H3,(H,12,14). The molecule has 0 bridgehead atoms. The number of carbonyl (C=O) groups excluding carboxylic acids is 1. The summed E-state index contributed by atoms with van der Waals surface area (Å²) in [5.41, 5.74) is -0.568. The zero-order chi connectivity index (χ0) is 11.6. The van der Waals surface area contributed by atoms with Gasteiger partial charge < -0.3 is 10.4 Å². The maximum Gasteiger partial charge on any atom is 0.221 e. The lowest BCUT2D eigenvalue weighted by Crippen LogP contribution is -2.51. The number of carbonyl (C=O) groups is 1. The molecule has 14 heavy (non-hydrogen) atoms. The Labute approximate surface area is 86.9 Å². The smallest absolute Gasteiger partial charge is 0.221 e. The van der Waals surface area contributed by atoms with E-state index in [2.05, 4.69) is 5.32 Å². The molecule has 0 rings (SSSR count). The Bertz CT molecular complexity index is 202. The lowest BCUT2D eigenvalue weighted by molar-refractivity contribution is -0.125. The number of rotatable bonds is 3. The summed E-state index contributed by atoms with van der Waals surface area (Å²) < 4.78 is 0. The van der Waals surface area contributed by atoms with Crippen molar-refractivity contribution in [1.29, 1.82) is 0 Å². The van der Waals surface area contributed by atoms with Crippen molar-refractivity contribution >= 4 is 5.91 Å². The zero-order valence-corrected chi connectivity index (χ0v) is 10.1. The van der Waals surface area contributed by atoms with Gasteiger partial charge in [-0.15, -0.1) is 0 Å². The molecule has 84 valence electrons. The molecule has 0 saturated carbocycles. The van der Waals surface area contributed by atoms with E-state index in [0.717, 1.165) is 0 Å². The first-order valence-electron chi connectivity index (χ1n) is 5.04. The SMILES string of the molecule is CC(O)C(C)(C)NC(=O)CC(C)(C)C. The van der Waals surface area contributed by atoms with Gasteiger partial charge in [-0.05, 0) is 26.2 Å². The maximum atomic E-state index is 11.6. The number of hydrogen-bond acceptors (Lipinski definition) is 2. The van der Waals surface area contributed by atoms with Crippen LogP contribution in [0.2, 0.25) is 0 Å². The Kier molecular flexibility index (Phi) is 4.13. The third-order valence-electron chi connectivity index (χ3n) is 2.20. The minimum atomic E-state index is -0.553. The van der Waals surface area contributed by atoms with Crippen LogP contribution in [-0.2, 0) is 4.79 Å². The first kappa shape index (κ1) is 13.4. The molecule has 0 aromatic rings. The van der Waals surface area contributed by atoms with Crippen molar-refractivity contribution in [2.75, 3.05) is 0 Å². The summed E-state index contributed by atoms with van der Waals surface area (Å²) >= 11 is 0. The fourth-order valence-electron chi connectivity index (χ4n) is 0.990. The lowest BCUT2D eigenvalue weighted by atomic mass is 9.90. The van der Waals surface area contributed by atoms with E-state index in [1.54, 1.807) is 6.92 Å².